The number of aliphatic hydroxyl groups is 1. The summed E-state index contributed by atoms with van der Waals surface area (Å²) in [6, 6.07) is 2.08. The molecule has 1 fully saturated rings. The fourth-order valence-corrected chi connectivity index (χ4v) is 2.38. The van der Waals surface area contributed by atoms with Gasteiger partial charge in [0.25, 0.3) is 0 Å². The van der Waals surface area contributed by atoms with Crippen LogP contribution in [0.4, 0.5) is 5.82 Å². The first-order chi connectivity index (χ1) is 7.70. The van der Waals surface area contributed by atoms with Crippen molar-refractivity contribution >= 4 is 17.4 Å². The first kappa shape index (κ1) is 11.6. The van der Waals surface area contributed by atoms with Crippen LogP contribution in [0.15, 0.2) is 6.07 Å². The molecule has 1 aromatic rings. The summed E-state index contributed by atoms with van der Waals surface area (Å²) in [5.74, 6) is 0.830. The standard InChI is InChI=1S/C11H16ClN3O/c1-8-6-10(14-11(12)13-8)15-5-3-2-4-9(15)7-16/h6,9,16H,2-5,7H2,1H3/t9-/m1/s1. The molecule has 4 nitrogen and oxygen atoms in total. The van der Waals surface area contributed by atoms with E-state index in [0.717, 1.165) is 30.9 Å². The van der Waals surface area contributed by atoms with Crippen molar-refractivity contribution in [1.82, 2.24) is 9.97 Å². The smallest absolute Gasteiger partial charge is 0.224 e. The summed E-state index contributed by atoms with van der Waals surface area (Å²) in [5.41, 5.74) is 0.859. The number of aryl methyl sites for hydroxylation is 1. The van der Waals surface area contributed by atoms with Crippen LogP contribution in [0.3, 0.4) is 0 Å². The molecule has 0 aliphatic carbocycles. The van der Waals surface area contributed by atoms with Crippen LogP contribution in [-0.4, -0.2) is 34.3 Å². The maximum absolute atomic E-state index is 9.34. The van der Waals surface area contributed by atoms with Gasteiger partial charge in [0.15, 0.2) is 0 Å². The van der Waals surface area contributed by atoms with Gasteiger partial charge >= 0.3 is 0 Å². The lowest BCUT2D eigenvalue weighted by atomic mass is 10.0. The summed E-state index contributed by atoms with van der Waals surface area (Å²) in [6.45, 7) is 2.99. The Balaban J connectivity index is 2.26. The minimum atomic E-state index is 0.166. The third kappa shape index (κ3) is 2.44. The van der Waals surface area contributed by atoms with E-state index in [1.807, 2.05) is 13.0 Å². The average Bonchev–Trinajstić information content (AvgIpc) is 2.27. The van der Waals surface area contributed by atoms with Crippen LogP contribution in [0.2, 0.25) is 5.28 Å². The van der Waals surface area contributed by atoms with E-state index in [9.17, 15) is 5.11 Å². The van der Waals surface area contributed by atoms with Crippen LogP contribution in [0.1, 0.15) is 25.0 Å². The van der Waals surface area contributed by atoms with Crippen molar-refractivity contribution in [3.05, 3.63) is 17.0 Å². The zero-order chi connectivity index (χ0) is 11.5. The van der Waals surface area contributed by atoms with Gasteiger partial charge in [-0.05, 0) is 37.8 Å². The fraction of sp³-hybridized carbons (Fsp3) is 0.636. The predicted molar refractivity (Wildman–Crippen MR) is 63.8 cm³/mol. The molecule has 0 unspecified atom stereocenters. The Kier molecular flexibility index (Phi) is 3.61. The van der Waals surface area contributed by atoms with Crippen LogP contribution in [0, 0.1) is 6.92 Å². The first-order valence-electron chi connectivity index (χ1n) is 5.59. The summed E-state index contributed by atoms with van der Waals surface area (Å²) in [7, 11) is 0. The molecule has 0 aromatic carbocycles. The number of hydrogen-bond donors (Lipinski definition) is 1. The van der Waals surface area contributed by atoms with E-state index in [1.54, 1.807) is 0 Å². The number of halogens is 1. The van der Waals surface area contributed by atoms with Crippen molar-refractivity contribution in [2.45, 2.75) is 32.2 Å². The number of nitrogens with zero attached hydrogens (tertiary/aromatic N) is 3. The number of rotatable bonds is 2. The van der Waals surface area contributed by atoms with E-state index in [0.29, 0.717) is 0 Å². The molecule has 0 saturated carbocycles. The van der Waals surface area contributed by atoms with Crippen molar-refractivity contribution < 1.29 is 5.11 Å². The Hall–Kier alpha value is -0.870. The molecule has 2 heterocycles. The molecule has 1 N–H and O–H groups in total. The Bertz CT molecular complexity index is 352. The maximum Gasteiger partial charge on any atom is 0.224 e. The van der Waals surface area contributed by atoms with Gasteiger partial charge in [-0.25, -0.2) is 9.97 Å². The van der Waals surface area contributed by atoms with E-state index in [1.165, 1.54) is 6.42 Å². The van der Waals surface area contributed by atoms with Crippen LogP contribution >= 0.6 is 11.6 Å². The number of anilines is 1. The highest BCUT2D eigenvalue weighted by Crippen LogP contribution is 2.24. The molecule has 88 valence electrons. The molecule has 0 spiro atoms. The van der Waals surface area contributed by atoms with Gasteiger partial charge in [-0.15, -0.1) is 0 Å². The lowest BCUT2D eigenvalue weighted by Crippen LogP contribution is -2.42. The molecule has 16 heavy (non-hydrogen) atoms. The molecular formula is C11H16ClN3O. The Morgan fingerprint density at radius 3 is 3.00 bits per heavy atom. The Morgan fingerprint density at radius 2 is 2.31 bits per heavy atom. The summed E-state index contributed by atoms with van der Waals surface area (Å²) < 4.78 is 0. The molecular weight excluding hydrogens is 226 g/mol. The van der Waals surface area contributed by atoms with Gasteiger partial charge in [0, 0.05) is 18.3 Å². The third-order valence-electron chi connectivity index (χ3n) is 2.95. The number of aliphatic hydroxyl groups excluding tert-OH is 1. The normalized spacial score (nSPS) is 21.2. The predicted octanol–water partition coefficient (Wildman–Crippen LogP) is 1.79. The molecule has 1 aliphatic heterocycles. The van der Waals surface area contributed by atoms with Gasteiger partial charge < -0.3 is 10.0 Å². The number of aromatic nitrogens is 2. The summed E-state index contributed by atoms with van der Waals surface area (Å²) >= 11 is 5.85. The Morgan fingerprint density at radius 1 is 1.50 bits per heavy atom. The highest BCUT2D eigenvalue weighted by molar-refractivity contribution is 6.28. The average molecular weight is 242 g/mol. The third-order valence-corrected chi connectivity index (χ3v) is 3.11. The first-order valence-corrected chi connectivity index (χ1v) is 5.97. The molecule has 5 heteroatoms. The van der Waals surface area contributed by atoms with Crippen molar-refractivity contribution in [3.8, 4) is 0 Å². The second kappa shape index (κ2) is 4.97. The van der Waals surface area contributed by atoms with Gasteiger partial charge in [-0.3, -0.25) is 0 Å². The van der Waals surface area contributed by atoms with Gasteiger partial charge in [-0.2, -0.15) is 0 Å². The fourth-order valence-electron chi connectivity index (χ4n) is 2.16. The maximum atomic E-state index is 9.34. The summed E-state index contributed by atoms with van der Waals surface area (Å²) in [4.78, 5) is 10.4. The van der Waals surface area contributed by atoms with E-state index in [-0.39, 0.29) is 17.9 Å². The SMILES string of the molecule is Cc1cc(N2CCCC[C@@H]2CO)nc(Cl)n1. The monoisotopic (exact) mass is 241 g/mol. The van der Waals surface area contributed by atoms with Gasteiger partial charge in [-0.1, -0.05) is 0 Å². The molecule has 2 rings (SSSR count). The van der Waals surface area contributed by atoms with E-state index in [2.05, 4.69) is 14.9 Å². The van der Waals surface area contributed by atoms with Crippen LogP contribution < -0.4 is 4.90 Å². The van der Waals surface area contributed by atoms with Crippen molar-refractivity contribution in [2.24, 2.45) is 0 Å². The molecule has 0 radical (unpaired) electrons. The van der Waals surface area contributed by atoms with E-state index in [4.69, 9.17) is 11.6 Å². The quantitative estimate of drug-likeness (QED) is 0.802. The van der Waals surface area contributed by atoms with Gasteiger partial charge in [0.2, 0.25) is 5.28 Å². The second-order valence-corrected chi connectivity index (χ2v) is 4.50. The zero-order valence-corrected chi connectivity index (χ0v) is 10.1. The van der Waals surface area contributed by atoms with E-state index < -0.39 is 0 Å². The summed E-state index contributed by atoms with van der Waals surface area (Å²) in [6.07, 6.45) is 3.31. The molecule has 1 aromatic heterocycles. The second-order valence-electron chi connectivity index (χ2n) is 4.16. The van der Waals surface area contributed by atoms with Crippen LogP contribution in [-0.2, 0) is 0 Å². The van der Waals surface area contributed by atoms with Crippen molar-refractivity contribution in [1.29, 1.82) is 0 Å². The van der Waals surface area contributed by atoms with Crippen LogP contribution in [0.25, 0.3) is 0 Å². The Labute approximate surface area is 100 Å². The molecule has 0 bridgehead atoms. The summed E-state index contributed by atoms with van der Waals surface area (Å²) in [5, 5.41) is 9.62. The van der Waals surface area contributed by atoms with Gasteiger partial charge in [0.05, 0.1) is 12.6 Å². The number of hydrogen-bond acceptors (Lipinski definition) is 4. The number of piperidine rings is 1. The van der Waals surface area contributed by atoms with Crippen molar-refractivity contribution in [2.75, 3.05) is 18.1 Å². The highest BCUT2D eigenvalue weighted by Gasteiger charge is 2.23. The lowest BCUT2D eigenvalue weighted by molar-refractivity contribution is 0.239. The molecule has 1 atom stereocenters. The molecule has 1 aliphatic rings. The zero-order valence-electron chi connectivity index (χ0n) is 9.36. The van der Waals surface area contributed by atoms with Crippen molar-refractivity contribution in [3.63, 3.8) is 0 Å². The molecule has 0 amide bonds. The van der Waals surface area contributed by atoms with Gasteiger partial charge in [0.1, 0.15) is 5.82 Å². The largest absolute Gasteiger partial charge is 0.394 e. The highest BCUT2D eigenvalue weighted by atomic mass is 35.5. The van der Waals surface area contributed by atoms with Crippen LogP contribution in [0.5, 0.6) is 0 Å². The minimum Gasteiger partial charge on any atom is -0.394 e. The molecule has 1 saturated heterocycles. The minimum absolute atomic E-state index is 0.166. The lowest BCUT2D eigenvalue weighted by Gasteiger charge is -2.35. The van der Waals surface area contributed by atoms with E-state index >= 15 is 0 Å². The topological polar surface area (TPSA) is 49.2 Å².